The first kappa shape index (κ1) is 25.8. The Morgan fingerprint density at radius 2 is 1.92 bits per heavy atom. The van der Waals surface area contributed by atoms with Crippen molar-refractivity contribution in [1.82, 2.24) is 14.8 Å². The fourth-order valence-corrected chi connectivity index (χ4v) is 4.23. The first-order chi connectivity index (χ1) is 17.1. The Hall–Kier alpha value is -3.33. The fraction of sp³-hybridized carbons (Fsp3) is 0.333. The molecule has 4 rings (SSSR count). The molecule has 0 fully saturated rings. The van der Waals surface area contributed by atoms with Crippen LogP contribution in [0.3, 0.4) is 0 Å². The van der Waals surface area contributed by atoms with Gasteiger partial charge in [0, 0.05) is 36.9 Å². The van der Waals surface area contributed by atoms with E-state index in [-0.39, 0.29) is 17.8 Å². The molecule has 8 nitrogen and oxygen atoms in total. The van der Waals surface area contributed by atoms with Crippen molar-refractivity contribution in [2.24, 2.45) is 7.05 Å². The maximum atomic E-state index is 13.1. The van der Waals surface area contributed by atoms with Crippen LogP contribution in [-0.4, -0.2) is 34.1 Å². The highest BCUT2D eigenvalue weighted by atomic mass is 35.5. The first-order valence-corrected chi connectivity index (χ1v) is 12.0. The number of pyridine rings is 1. The van der Waals surface area contributed by atoms with E-state index < -0.39 is 6.10 Å². The number of hydrogen-bond donors (Lipinski definition) is 2. The number of likely N-dealkylation sites (N-methyl/N-ethyl adjacent to an activating group) is 1. The monoisotopic (exact) mass is 511 g/mol. The largest absolute Gasteiger partial charge is 0.463 e. The number of fused-ring (bicyclic) bond motifs is 1. The van der Waals surface area contributed by atoms with Crippen LogP contribution in [0.4, 0.5) is 0 Å². The molecule has 0 spiro atoms. The van der Waals surface area contributed by atoms with Crippen molar-refractivity contribution in [1.29, 1.82) is 0 Å². The van der Waals surface area contributed by atoms with Gasteiger partial charge in [-0.1, -0.05) is 23.7 Å². The van der Waals surface area contributed by atoms with Crippen LogP contribution < -0.4 is 10.7 Å². The van der Waals surface area contributed by atoms with Gasteiger partial charge in [0.2, 0.25) is 11.6 Å². The summed E-state index contributed by atoms with van der Waals surface area (Å²) in [6.45, 7) is 4.87. The third-order valence-corrected chi connectivity index (χ3v) is 6.40. The summed E-state index contributed by atoms with van der Waals surface area (Å²) in [5.74, 6) is 1.65. The van der Waals surface area contributed by atoms with E-state index in [2.05, 4.69) is 5.32 Å². The number of aliphatic hydroxyl groups excluding tert-OH is 1. The van der Waals surface area contributed by atoms with Crippen LogP contribution >= 0.6 is 11.6 Å². The quantitative estimate of drug-likeness (QED) is 0.352. The molecule has 0 aliphatic heterocycles. The summed E-state index contributed by atoms with van der Waals surface area (Å²) in [4.78, 5) is 27.5. The van der Waals surface area contributed by atoms with Gasteiger partial charge in [-0.3, -0.25) is 14.5 Å². The predicted molar refractivity (Wildman–Crippen MR) is 138 cm³/mol. The number of carbonyl (C=O) groups is 1. The second-order valence-corrected chi connectivity index (χ2v) is 9.64. The van der Waals surface area contributed by atoms with Crippen LogP contribution in [0.2, 0.25) is 5.02 Å². The van der Waals surface area contributed by atoms with Gasteiger partial charge in [0.25, 0.3) is 0 Å². The third-order valence-electron chi connectivity index (χ3n) is 6.15. The Kier molecular flexibility index (Phi) is 7.68. The van der Waals surface area contributed by atoms with Crippen molar-refractivity contribution in [3.8, 4) is 0 Å². The van der Waals surface area contributed by atoms with E-state index in [1.165, 1.54) is 0 Å². The lowest BCUT2D eigenvalue weighted by atomic mass is 10.1. The number of amides is 1. The lowest BCUT2D eigenvalue weighted by Crippen LogP contribution is -2.27. The van der Waals surface area contributed by atoms with Gasteiger partial charge in [-0.2, -0.15) is 0 Å². The Balaban J connectivity index is 1.42. The maximum absolute atomic E-state index is 13.1. The van der Waals surface area contributed by atoms with Gasteiger partial charge in [-0.25, -0.2) is 0 Å². The highest BCUT2D eigenvalue weighted by Gasteiger charge is 2.19. The summed E-state index contributed by atoms with van der Waals surface area (Å²) in [6, 6.07) is 10.8. The van der Waals surface area contributed by atoms with Crippen LogP contribution in [0.15, 0.2) is 56.2 Å². The summed E-state index contributed by atoms with van der Waals surface area (Å²) in [7, 11) is 3.63. The zero-order chi connectivity index (χ0) is 26.0. The fourth-order valence-electron chi connectivity index (χ4n) is 4.10. The van der Waals surface area contributed by atoms with Gasteiger partial charge in [0.05, 0.1) is 18.4 Å². The van der Waals surface area contributed by atoms with Crippen molar-refractivity contribution in [2.45, 2.75) is 39.5 Å². The molecule has 2 N–H and O–H groups in total. The molecular formula is C27H30ClN3O5. The number of carbonyl (C=O) groups excluding carboxylic acids is 1. The minimum Gasteiger partial charge on any atom is -0.463 e. The van der Waals surface area contributed by atoms with Gasteiger partial charge in [0.15, 0.2) is 5.43 Å². The van der Waals surface area contributed by atoms with E-state index in [4.69, 9.17) is 20.4 Å². The van der Waals surface area contributed by atoms with Crippen LogP contribution in [0.25, 0.3) is 11.1 Å². The smallest absolute Gasteiger partial charge is 0.224 e. The highest BCUT2D eigenvalue weighted by molar-refractivity contribution is 6.30. The van der Waals surface area contributed by atoms with E-state index in [1.807, 2.05) is 44.0 Å². The van der Waals surface area contributed by atoms with Crippen molar-refractivity contribution in [2.75, 3.05) is 13.6 Å². The summed E-state index contributed by atoms with van der Waals surface area (Å²) in [6.07, 6.45) is 0.815. The summed E-state index contributed by atoms with van der Waals surface area (Å²) in [5.41, 5.74) is 2.50. The van der Waals surface area contributed by atoms with Gasteiger partial charge in [0.1, 0.15) is 23.4 Å². The molecule has 3 heterocycles. The number of nitrogens with zero attached hydrogens (tertiary/aromatic N) is 2. The van der Waals surface area contributed by atoms with Crippen LogP contribution in [0.1, 0.15) is 40.1 Å². The number of aryl methyl sites for hydroxylation is 3. The molecule has 9 heteroatoms. The standard InChI is InChI=1S/C27H30ClN3O5/c1-16-9-24(35-17(16)2)23(32)15-30(3)14-21-11-22-26(34)19(13-31(4)27(22)36-21)10-25(33)29-12-18-5-7-20(28)8-6-18/h5-9,11,13,23,32H,10,12,14-15H2,1-4H3,(H,29,33). The Labute approximate surface area is 214 Å². The van der Waals surface area contributed by atoms with E-state index >= 15 is 0 Å². The second kappa shape index (κ2) is 10.7. The normalized spacial score (nSPS) is 12.4. The van der Waals surface area contributed by atoms with Crippen molar-refractivity contribution in [3.63, 3.8) is 0 Å². The Morgan fingerprint density at radius 3 is 2.58 bits per heavy atom. The number of hydrogen-bond acceptors (Lipinski definition) is 6. The lowest BCUT2D eigenvalue weighted by Gasteiger charge is -2.18. The molecule has 3 aromatic heterocycles. The number of rotatable bonds is 9. The molecule has 1 atom stereocenters. The molecular weight excluding hydrogens is 482 g/mol. The van der Waals surface area contributed by atoms with E-state index in [1.54, 1.807) is 36.0 Å². The molecule has 0 radical (unpaired) electrons. The average molecular weight is 512 g/mol. The number of nitrogens with one attached hydrogen (secondary N) is 1. The summed E-state index contributed by atoms with van der Waals surface area (Å²) >= 11 is 5.89. The maximum Gasteiger partial charge on any atom is 0.224 e. The van der Waals surface area contributed by atoms with Crippen molar-refractivity contribution >= 4 is 28.6 Å². The molecule has 1 amide bonds. The third kappa shape index (κ3) is 5.90. The Bertz CT molecular complexity index is 1410. The molecule has 0 bridgehead atoms. The SMILES string of the molecule is Cc1cc(C(O)CN(C)Cc2cc3c(=O)c(CC(=O)NCc4ccc(Cl)cc4)cn(C)c3o2)oc1C. The molecule has 0 aliphatic carbocycles. The predicted octanol–water partition coefficient (Wildman–Crippen LogP) is 4.02. The summed E-state index contributed by atoms with van der Waals surface area (Å²) < 4.78 is 13.3. The lowest BCUT2D eigenvalue weighted by molar-refractivity contribution is -0.120. The van der Waals surface area contributed by atoms with Crippen molar-refractivity contribution in [3.05, 3.63) is 91.8 Å². The van der Waals surface area contributed by atoms with Crippen molar-refractivity contribution < 1.29 is 18.7 Å². The number of benzene rings is 1. The van der Waals surface area contributed by atoms with Gasteiger partial charge >= 0.3 is 0 Å². The van der Waals surface area contributed by atoms with Crippen LogP contribution in [0.5, 0.6) is 0 Å². The molecule has 1 unspecified atom stereocenters. The number of furan rings is 2. The number of aliphatic hydroxyl groups is 1. The van der Waals surface area contributed by atoms with Crippen LogP contribution in [0, 0.1) is 13.8 Å². The Morgan fingerprint density at radius 1 is 1.19 bits per heavy atom. The van der Waals surface area contributed by atoms with Gasteiger partial charge < -0.3 is 23.8 Å². The number of aromatic nitrogens is 1. The molecule has 0 saturated carbocycles. The van der Waals surface area contributed by atoms with Crippen LogP contribution in [-0.2, 0) is 31.4 Å². The van der Waals surface area contributed by atoms with E-state index in [9.17, 15) is 14.7 Å². The molecule has 1 aromatic carbocycles. The molecule has 190 valence electrons. The molecule has 0 aliphatic rings. The average Bonchev–Trinajstić information content (AvgIpc) is 3.40. The molecule has 4 aromatic rings. The highest BCUT2D eigenvalue weighted by Crippen LogP contribution is 2.22. The zero-order valence-electron chi connectivity index (χ0n) is 20.8. The number of halogens is 1. The molecule has 0 saturated heterocycles. The zero-order valence-corrected chi connectivity index (χ0v) is 21.6. The topological polar surface area (TPSA) is 101 Å². The minimum absolute atomic E-state index is 0.0369. The second-order valence-electron chi connectivity index (χ2n) is 9.21. The summed E-state index contributed by atoms with van der Waals surface area (Å²) in [5, 5.41) is 14.4. The molecule has 36 heavy (non-hydrogen) atoms. The van der Waals surface area contributed by atoms with Gasteiger partial charge in [-0.15, -0.1) is 0 Å². The first-order valence-electron chi connectivity index (χ1n) is 11.7. The van der Waals surface area contributed by atoms with E-state index in [0.29, 0.717) is 52.8 Å². The van der Waals surface area contributed by atoms with Gasteiger partial charge in [-0.05, 0) is 56.3 Å². The van der Waals surface area contributed by atoms with E-state index in [0.717, 1.165) is 16.9 Å². The minimum atomic E-state index is -0.782.